The van der Waals surface area contributed by atoms with E-state index < -0.39 is 0 Å². The molecule has 94 valence electrons. The van der Waals surface area contributed by atoms with Gasteiger partial charge in [-0.25, -0.2) is 5.10 Å². The highest BCUT2D eigenvalue weighted by Crippen LogP contribution is 2.16. The minimum Gasteiger partial charge on any atom is -0.379 e. The van der Waals surface area contributed by atoms with Crippen LogP contribution in [0.4, 0.5) is 5.69 Å². The number of rotatable bonds is 4. The summed E-state index contributed by atoms with van der Waals surface area (Å²) < 4.78 is 0.475. The number of anilines is 1. The van der Waals surface area contributed by atoms with E-state index in [4.69, 9.17) is 0 Å². The highest BCUT2D eigenvalue weighted by molar-refractivity contribution is 9.10. The van der Waals surface area contributed by atoms with E-state index in [0.29, 0.717) is 16.7 Å². The van der Waals surface area contributed by atoms with E-state index in [0.717, 1.165) is 6.42 Å². The molecule has 0 aliphatic carbocycles. The van der Waals surface area contributed by atoms with Crippen molar-refractivity contribution < 1.29 is 0 Å². The van der Waals surface area contributed by atoms with Crippen LogP contribution in [-0.4, -0.2) is 10.2 Å². The summed E-state index contributed by atoms with van der Waals surface area (Å²) in [6.45, 7) is 2.79. The Morgan fingerprint density at radius 3 is 2.61 bits per heavy atom. The Morgan fingerprint density at radius 1 is 1.28 bits per heavy atom. The number of benzene rings is 1. The van der Waals surface area contributed by atoms with E-state index in [1.54, 1.807) is 6.20 Å². The lowest BCUT2D eigenvalue weighted by Crippen LogP contribution is -2.12. The highest BCUT2D eigenvalue weighted by Gasteiger charge is 2.03. The van der Waals surface area contributed by atoms with Gasteiger partial charge in [-0.15, -0.1) is 0 Å². The molecule has 0 atom stereocenters. The molecule has 0 unspecified atom stereocenters. The average Bonchev–Trinajstić information content (AvgIpc) is 2.41. The van der Waals surface area contributed by atoms with E-state index in [-0.39, 0.29) is 5.56 Å². The summed E-state index contributed by atoms with van der Waals surface area (Å²) in [6.07, 6.45) is 2.63. The predicted molar refractivity (Wildman–Crippen MR) is 75.7 cm³/mol. The molecule has 0 bridgehead atoms. The van der Waals surface area contributed by atoms with Crippen molar-refractivity contribution in [1.29, 1.82) is 0 Å². The third kappa shape index (κ3) is 2.98. The van der Waals surface area contributed by atoms with E-state index >= 15 is 0 Å². The van der Waals surface area contributed by atoms with Crippen molar-refractivity contribution in [3.8, 4) is 0 Å². The third-order valence-corrected chi connectivity index (χ3v) is 3.50. The van der Waals surface area contributed by atoms with Crippen molar-refractivity contribution in [2.45, 2.75) is 19.9 Å². The van der Waals surface area contributed by atoms with Crippen LogP contribution >= 0.6 is 15.9 Å². The van der Waals surface area contributed by atoms with Gasteiger partial charge in [-0.2, -0.15) is 5.10 Å². The molecule has 2 rings (SSSR count). The molecular weight excluding hydrogens is 294 g/mol. The molecule has 1 aromatic heterocycles. The van der Waals surface area contributed by atoms with Gasteiger partial charge in [0.2, 0.25) is 0 Å². The number of aryl methyl sites for hydroxylation is 1. The first kappa shape index (κ1) is 12.8. The molecule has 0 radical (unpaired) electrons. The summed E-state index contributed by atoms with van der Waals surface area (Å²) in [5, 5.41) is 9.29. The van der Waals surface area contributed by atoms with Gasteiger partial charge >= 0.3 is 0 Å². The zero-order chi connectivity index (χ0) is 13.0. The topological polar surface area (TPSA) is 57.8 Å². The summed E-state index contributed by atoms with van der Waals surface area (Å²) >= 11 is 3.23. The number of aromatic amines is 1. The Morgan fingerprint density at radius 2 is 1.94 bits per heavy atom. The van der Waals surface area contributed by atoms with Crippen LogP contribution in [0.1, 0.15) is 18.1 Å². The second-order valence-electron chi connectivity index (χ2n) is 3.95. The average molecular weight is 308 g/mol. The van der Waals surface area contributed by atoms with Crippen LogP contribution in [0.5, 0.6) is 0 Å². The molecule has 0 saturated heterocycles. The van der Waals surface area contributed by atoms with E-state index in [1.807, 2.05) is 0 Å². The van der Waals surface area contributed by atoms with Gasteiger partial charge < -0.3 is 5.32 Å². The van der Waals surface area contributed by atoms with Gasteiger partial charge in [-0.3, -0.25) is 4.79 Å². The summed E-state index contributed by atoms with van der Waals surface area (Å²) in [7, 11) is 0. The first-order chi connectivity index (χ1) is 8.70. The molecule has 5 heteroatoms. The van der Waals surface area contributed by atoms with Crippen LogP contribution in [0.15, 0.2) is 39.7 Å². The Balaban J connectivity index is 2.06. The fourth-order valence-corrected chi connectivity index (χ4v) is 1.93. The molecule has 0 saturated carbocycles. The monoisotopic (exact) mass is 307 g/mol. The van der Waals surface area contributed by atoms with Crippen molar-refractivity contribution in [3.63, 3.8) is 0 Å². The van der Waals surface area contributed by atoms with E-state index in [9.17, 15) is 4.79 Å². The maximum absolute atomic E-state index is 11.3. The Labute approximate surface area is 114 Å². The lowest BCUT2D eigenvalue weighted by molar-refractivity contribution is 0.971. The molecular formula is C13H14BrN3O. The molecule has 0 spiro atoms. The lowest BCUT2D eigenvalue weighted by atomic mass is 10.1. The zero-order valence-electron chi connectivity index (χ0n) is 10.0. The zero-order valence-corrected chi connectivity index (χ0v) is 11.6. The molecule has 1 heterocycles. The number of hydrogen-bond donors (Lipinski definition) is 2. The van der Waals surface area contributed by atoms with Crippen LogP contribution in [0.25, 0.3) is 0 Å². The van der Waals surface area contributed by atoms with Crippen molar-refractivity contribution in [3.05, 3.63) is 56.4 Å². The van der Waals surface area contributed by atoms with Crippen LogP contribution < -0.4 is 10.9 Å². The van der Waals surface area contributed by atoms with Gasteiger partial charge in [0.15, 0.2) is 0 Å². The largest absolute Gasteiger partial charge is 0.379 e. The molecule has 0 fully saturated rings. The molecule has 2 aromatic rings. The molecule has 1 aromatic carbocycles. The standard InChI is InChI=1S/C13H14BrN3O/c1-2-9-3-5-10(6-4-9)7-15-11-8-16-17-13(18)12(11)14/h3-6,8H,2,7H2,1H3,(H2,15,17,18). The maximum atomic E-state index is 11.3. The molecule has 18 heavy (non-hydrogen) atoms. The van der Waals surface area contributed by atoms with Gasteiger partial charge in [0, 0.05) is 6.54 Å². The summed E-state index contributed by atoms with van der Waals surface area (Å²) in [5.74, 6) is 0. The minimum atomic E-state index is -0.235. The van der Waals surface area contributed by atoms with Crippen molar-refractivity contribution in [2.75, 3.05) is 5.32 Å². The lowest BCUT2D eigenvalue weighted by Gasteiger charge is -2.07. The summed E-state index contributed by atoms with van der Waals surface area (Å²) in [5.41, 5.74) is 2.94. The van der Waals surface area contributed by atoms with Crippen molar-refractivity contribution >= 4 is 21.6 Å². The second-order valence-corrected chi connectivity index (χ2v) is 4.74. The molecule has 4 nitrogen and oxygen atoms in total. The number of hydrogen-bond acceptors (Lipinski definition) is 3. The number of halogens is 1. The second kappa shape index (κ2) is 5.82. The van der Waals surface area contributed by atoms with E-state index in [2.05, 4.69) is 62.6 Å². The first-order valence-corrected chi connectivity index (χ1v) is 6.55. The molecule has 0 amide bonds. The normalized spacial score (nSPS) is 10.3. The van der Waals surface area contributed by atoms with Crippen LogP contribution in [0, 0.1) is 0 Å². The highest BCUT2D eigenvalue weighted by atomic mass is 79.9. The first-order valence-electron chi connectivity index (χ1n) is 5.75. The summed E-state index contributed by atoms with van der Waals surface area (Å²) in [6, 6.07) is 8.39. The van der Waals surface area contributed by atoms with Crippen LogP contribution in [0.2, 0.25) is 0 Å². The predicted octanol–water partition coefficient (Wildman–Crippen LogP) is 2.71. The maximum Gasteiger partial charge on any atom is 0.280 e. The van der Waals surface area contributed by atoms with Gasteiger partial charge in [-0.1, -0.05) is 31.2 Å². The molecule has 0 aliphatic heterocycles. The van der Waals surface area contributed by atoms with Crippen LogP contribution in [0.3, 0.4) is 0 Å². The number of H-pyrrole nitrogens is 1. The smallest absolute Gasteiger partial charge is 0.280 e. The van der Waals surface area contributed by atoms with Crippen LogP contribution in [-0.2, 0) is 13.0 Å². The van der Waals surface area contributed by atoms with Gasteiger partial charge in [0.05, 0.1) is 11.9 Å². The Bertz CT molecular complexity index is 578. The number of aromatic nitrogens is 2. The van der Waals surface area contributed by atoms with Gasteiger partial charge in [0.25, 0.3) is 5.56 Å². The van der Waals surface area contributed by atoms with E-state index in [1.165, 1.54) is 11.1 Å². The van der Waals surface area contributed by atoms with Crippen molar-refractivity contribution in [2.24, 2.45) is 0 Å². The number of nitrogens with zero attached hydrogens (tertiary/aromatic N) is 1. The minimum absolute atomic E-state index is 0.235. The Kier molecular flexibility index (Phi) is 4.15. The quantitative estimate of drug-likeness (QED) is 0.913. The fourth-order valence-electron chi connectivity index (χ4n) is 1.60. The van der Waals surface area contributed by atoms with Gasteiger partial charge in [0.1, 0.15) is 4.47 Å². The summed E-state index contributed by atoms with van der Waals surface area (Å²) in [4.78, 5) is 11.3. The molecule has 0 aliphatic rings. The Hall–Kier alpha value is -1.62. The molecule has 2 N–H and O–H groups in total. The number of nitrogens with one attached hydrogen (secondary N) is 2. The fraction of sp³-hybridized carbons (Fsp3) is 0.231. The van der Waals surface area contributed by atoms with Gasteiger partial charge in [-0.05, 0) is 33.5 Å². The third-order valence-electron chi connectivity index (χ3n) is 2.71. The van der Waals surface area contributed by atoms with Crippen molar-refractivity contribution in [1.82, 2.24) is 10.2 Å². The SMILES string of the molecule is CCc1ccc(CNc2cn[nH]c(=O)c2Br)cc1.